The zero-order chi connectivity index (χ0) is 12.0. The zero-order valence-electron chi connectivity index (χ0n) is 8.18. The lowest BCUT2D eigenvalue weighted by atomic mass is 10.2. The molecular weight excluding hydrogens is 207 g/mol. The van der Waals surface area contributed by atoms with Crippen molar-refractivity contribution < 1.29 is 4.39 Å². The smallest absolute Gasteiger partial charge is 0.174 e. The Morgan fingerprint density at radius 3 is 2.38 bits per heavy atom. The molecule has 0 aliphatic heterocycles. The summed E-state index contributed by atoms with van der Waals surface area (Å²) in [5.74, 6) is -0.357. The van der Waals surface area contributed by atoms with Crippen molar-refractivity contribution in [1.29, 1.82) is 10.5 Å². The van der Waals surface area contributed by atoms with E-state index in [1.165, 1.54) is 30.5 Å². The fourth-order valence-electron chi connectivity index (χ4n) is 0.900. The third-order valence-electron chi connectivity index (χ3n) is 1.69. The van der Waals surface area contributed by atoms with Gasteiger partial charge in [-0.15, -0.1) is 0 Å². The lowest BCUT2D eigenvalue weighted by Gasteiger charge is -1.93. The molecule has 0 spiro atoms. The molecule has 1 aromatic carbocycles. The molecule has 4 nitrogen and oxygen atoms in total. The van der Waals surface area contributed by atoms with Crippen LogP contribution in [0.2, 0.25) is 0 Å². The van der Waals surface area contributed by atoms with Gasteiger partial charge in [0, 0.05) is 6.21 Å². The molecule has 0 aliphatic carbocycles. The SMILES string of the molecule is N#C/C(N)=C(C#N)\N=C\c1ccc(F)cc1. The van der Waals surface area contributed by atoms with E-state index in [0.717, 1.165) is 0 Å². The van der Waals surface area contributed by atoms with Crippen LogP contribution < -0.4 is 5.73 Å². The van der Waals surface area contributed by atoms with Crippen molar-refractivity contribution in [2.45, 2.75) is 0 Å². The summed E-state index contributed by atoms with van der Waals surface area (Å²) >= 11 is 0. The molecule has 0 aromatic heterocycles. The van der Waals surface area contributed by atoms with Gasteiger partial charge in [-0.3, -0.25) is 0 Å². The standard InChI is InChI=1S/C11H7FN4/c12-9-3-1-8(2-4-9)7-16-11(6-14)10(15)5-13/h1-4,7H,15H2/b11-10+,16-7+. The van der Waals surface area contributed by atoms with Gasteiger partial charge in [0.15, 0.2) is 5.70 Å². The van der Waals surface area contributed by atoms with Crippen molar-refractivity contribution in [2.24, 2.45) is 10.7 Å². The second-order valence-electron chi connectivity index (χ2n) is 2.80. The minimum Gasteiger partial charge on any atom is -0.388 e. The molecule has 1 aromatic rings. The number of halogens is 1. The summed E-state index contributed by atoms with van der Waals surface area (Å²) < 4.78 is 12.6. The monoisotopic (exact) mass is 214 g/mol. The van der Waals surface area contributed by atoms with Gasteiger partial charge >= 0.3 is 0 Å². The van der Waals surface area contributed by atoms with E-state index in [9.17, 15) is 4.39 Å². The Labute approximate surface area is 91.8 Å². The predicted molar refractivity (Wildman–Crippen MR) is 56.4 cm³/mol. The average molecular weight is 214 g/mol. The summed E-state index contributed by atoms with van der Waals surface area (Å²) in [5, 5.41) is 17.1. The molecule has 0 unspecified atom stereocenters. The van der Waals surface area contributed by atoms with Crippen LogP contribution in [-0.2, 0) is 0 Å². The number of nitriles is 2. The van der Waals surface area contributed by atoms with Crippen molar-refractivity contribution >= 4 is 6.21 Å². The van der Waals surface area contributed by atoms with Crippen LogP contribution in [0.1, 0.15) is 5.56 Å². The number of nitrogens with two attached hydrogens (primary N) is 1. The Morgan fingerprint density at radius 1 is 1.25 bits per heavy atom. The summed E-state index contributed by atoms with van der Waals surface area (Å²) in [4.78, 5) is 3.74. The molecule has 0 aliphatic rings. The normalized spacial score (nSPS) is 11.7. The van der Waals surface area contributed by atoms with Gasteiger partial charge in [-0.1, -0.05) is 12.1 Å². The van der Waals surface area contributed by atoms with Crippen LogP contribution in [0.15, 0.2) is 40.7 Å². The molecule has 1 rings (SSSR count). The molecule has 0 atom stereocenters. The molecule has 5 heteroatoms. The van der Waals surface area contributed by atoms with Crippen LogP contribution in [0.4, 0.5) is 4.39 Å². The highest BCUT2D eigenvalue weighted by Crippen LogP contribution is 2.03. The highest BCUT2D eigenvalue weighted by atomic mass is 19.1. The summed E-state index contributed by atoms with van der Waals surface area (Å²) in [7, 11) is 0. The van der Waals surface area contributed by atoms with Crippen molar-refractivity contribution in [2.75, 3.05) is 0 Å². The van der Waals surface area contributed by atoms with Crippen LogP contribution in [0, 0.1) is 28.5 Å². The summed E-state index contributed by atoms with van der Waals surface area (Å²) in [5.41, 5.74) is 5.44. The molecule has 0 saturated heterocycles. The summed E-state index contributed by atoms with van der Waals surface area (Å²) in [6.45, 7) is 0. The molecule has 0 saturated carbocycles. The molecule has 0 heterocycles. The van der Waals surface area contributed by atoms with E-state index >= 15 is 0 Å². The fraction of sp³-hybridized carbons (Fsp3) is 0. The van der Waals surface area contributed by atoms with E-state index in [2.05, 4.69) is 4.99 Å². The van der Waals surface area contributed by atoms with Crippen LogP contribution in [-0.4, -0.2) is 6.21 Å². The molecule has 2 N–H and O–H groups in total. The van der Waals surface area contributed by atoms with E-state index in [1.54, 1.807) is 12.1 Å². The third-order valence-corrected chi connectivity index (χ3v) is 1.69. The third kappa shape index (κ3) is 2.93. The van der Waals surface area contributed by atoms with E-state index in [1.807, 2.05) is 0 Å². The first-order valence-corrected chi connectivity index (χ1v) is 4.27. The number of rotatable bonds is 2. The minimum absolute atomic E-state index is 0.160. The van der Waals surface area contributed by atoms with Crippen LogP contribution >= 0.6 is 0 Å². The molecule has 0 bridgehead atoms. The second kappa shape index (κ2) is 5.28. The number of aliphatic imine (C=N–C) groups is 1. The van der Waals surface area contributed by atoms with E-state index in [4.69, 9.17) is 16.3 Å². The molecule has 0 fully saturated rings. The molecule has 0 amide bonds. The van der Waals surface area contributed by atoms with Crippen LogP contribution in [0.5, 0.6) is 0 Å². The first-order chi connectivity index (χ1) is 7.67. The largest absolute Gasteiger partial charge is 0.388 e. The van der Waals surface area contributed by atoms with Gasteiger partial charge in [-0.05, 0) is 17.7 Å². The maximum absolute atomic E-state index is 12.6. The second-order valence-corrected chi connectivity index (χ2v) is 2.80. The van der Waals surface area contributed by atoms with E-state index in [0.29, 0.717) is 5.56 Å². The van der Waals surface area contributed by atoms with Crippen molar-refractivity contribution in [1.82, 2.24) is 0 Å². The number of hydrogen-bond acceptors (Lipinski definition) is 4. The van der Waals surface area contributed by atoms with E-state index < -0.39 is 0 Å². The Balaban J connectivity index is 2.94. The van der Waals surface area contributed by atoms with Gasteiger partial charge in [0.05, 0.1) is 0 Å². The Bertz CT molecular complexity index is 514. The van der Waals surface area contributed by atoms with Crippen molar-refractivity contribution in [3.05, 3.63) is 47.0 Å². The lowest BCUT2D eigenvalue weighted by Crippen LogP contribution is -1.97. The topological polar surface area (TPSA) is 86.0 Å². The predicted octanol–water partition coefficient (Wildman–Crippen LogP) is 1.46. The summed E-state index contributed by atoms with van der Waals surface area (Å²) in [6, 6.07) is 8.85. The van der Waals surface area contributed by atoms with Crippen molar-refractivity contribution in [3.63, 3.8) is 0 Å². The van der Waals surface area contributed by atoms with Gasteiger partial charge in [-0.2, -0.15) is 10.5 Å². The fourth-order valence-corrected chi connectivity index (χ4v) is 0.900. The highest BCUT2D eigenvalue weighted by molar-refractivity contribution is 5.80. The molecular formula is C11H7FN4. The molecule has 78 valence electrons. The van der Waals surface area contributed by atoms with Crippen molar-refractivity contribution in [3.8, 4) is 12.1 Å². The molecule has 16 heavy (non-hydrogen) atoms. The molecule has 0 radical (unpaired) electrons. The lowest BCUT2D eigenvalue weighted by molar-refractivity contribution is 0.628. The van der Waals surface area contributed by atoms with Crippen LogP contribution in [0.25, 0.3) is 0 Å². The average Bonchev–Trinajstić information content (AvgIpc) is 2.31. The van der Waals surface area contributed by atoms with Gasteiger partial charge in [0.25, 0.3) is 0 Å². The first-order valence-electron chi connectivity index (χ1n) is 4.27. The Morgan fingerprint density at radius 2 is 1.88 bits per heavy atom. The Kier molecular flexibility index (Phi) is 3.77. The van der Waals surface area contributed by atoms with Gasteiger partial charge in [-0.25, -0.2) is 9.38 Å². The first kappa shape index (κ1) is 11.4. The highest BCUT2D eigenvalue weighted by Gasteiger charge is 1.98. The zero-order valence-corrected chi connectivity index (χ0v) is 8.18. The maximum atomic E-state index is 12.6. The van der Waals surface area contributed by atoms with Crippen LogP contribution in [0.3, 0.4) is 0 Å². The number of benzene rings is 1. The van der Waals surface area contributed by atoms with Gasteiger partial charge in [0.2, 0.25) is 0 Å². The summed E-state index contributed by atoms with van der Waals surface area (Å²) in [6.07, 6.45) is 1.34. The van der Waals surface area contributed by atoms with Gasteiger partial charge in [0.1, 0.15) is 23.7 Å². The number of allylic oxidation sites excluding steroid dienone is 2. The number of hydrogen-bond donors (Lipinski definition) is 1. The Hall–Kier alpha value is -2.66. The van der Waals surface area contributed by atoms with E-state index in [-0.39, 0.29) is 17.2 Å². The maximum Gasteiger partial charge on any atom is 0.174 e. The minimum atomic E-state index is -0.357. The van der Waals surface area contributed by atoms with Gasteiger partial charge < -0.3 is 5.73 Å². The number of nitrogens with zero attached hydrogens (tertiary/aromatic N) is 3. The quantitative estimate of drug-likeness (QED) is 0.597.